The number of rotatable bonds is 26. The molecule has 0 fully saturated rings. The third-order valence-electron chi connectivity index (χ3n) is 13.0. The number of hydrogen-bond donors (Lipinski definition) is 2. The maximum absolute atomic E-state index is 12.8. The highest BCUT2D eigenvalue weighted by atomic mass is 35.5. The van der Waals surface area contributed by atoms with E-state index in [0.29, 0.717) is 70.5 Å². The molecule has 2 aromatic heterocycles. The summed E-state index contributed by atoms with van der Waals surface area (Å²) in [6.45, 7) is 13.1. The number of esters is 1. The van der Waals surface area contributed by atoms with Gasteiger partial charge in [0.1, 0.15) is 34.5 Å². The summed E-state index contributed by atoms with van der Waals surface area (Å²) in [4.78, 5) is 34.3. The summed E-state index contributed by atoms with van der Waals surface area (Å²) in [7, 11) is 2.37. The molecule has 81 heavy (non-hydrogen) atoms. The van der Waals surface area contributed by atoms with E-state index in [9.17, 15) is 14.7 Å². The standard InChI is InChI=1S/C33H36ClNO5.C32H34ClNO5.CH4O/c1-5-10-25-20-28(38-19-18-29-22(3)39-32(35-29)24-12-8-7-9-13-24)21-26(11-6-2)30(25)40-31(33(36)37-4)23-14-16-27(34)17-15-23;1-4-9-24-19-27(37-18-17-28-21(3)38-31(34-28)23-11-7-6-8-12-23)20-25(10-5-2)29(24)39-30(32(35)36)22-13-15-26(33)16-14-22;1-2/h7-9,12-17,20-21,31H,5-6,10-11,18-19H2,1-4H3;6-8,11-16,19-20,30H,4-5,9-10,17-18H2,1-3H3,(H,35,36);2H,1H3. The van der Waals surface area contributed by atoms with E-state index in [-0.39, 0.29) is 0 Å². The summed E-state index contributed by atoms with van der Waals surface area (Å²) < 4.78 is 42.0. The first-order valence-electron chi connectivity index (χ1n) is 27.5. The number of aryl methyl sites for hydroxylation is 6. The van der Waals surface area contributed by atoms with Crippen molar-refractivity contribution in [1.82, 2.24) is 9.97 Å². The van der Waals surface area contributed by atoms with Crippen LogP contribution in [0.3, 0.4) is 0 Å². The molecule has 0 bridgehead atoms. The Morgan fingerprint density at radius 2 is 0.864 bits per heavy atom. The zero-order chi connectivity index (χ0) is 58.3. The molecule has 2 atom stereocenters. The predicted octanol–water partition coefficient (Wildman–Crippen LogP) is 15.8. The van der Waals surface area contributed by atoms with Crippen molar-refractivity contribution in [2.45, 2.75) is 118 Å². The van der Waals surface area contributed by atoms with Gasteiger partial charge < -0.3 is 42.7 Å². The van der Waals surface area contributed by atoms with E-state index >= 15 is 0 Å². The number of ether oxygens (including phenoxy) is 5. The summed E-state index contributed by atoms with van der Waals surface area (Å²) in [6.07, 6.45) is 5.78. The smallest absolute Gasteiger partial charge is 0.351 e. The summed E-state index contributed by atoms with van der Waals surface area (Å²) >= 11 is 12.1. The van der Waals surface area contributed by atoms with Gasteiger partial charge in [0.05, 0.1) is 31.7 Å². The van der Waals surface area contributed by atoms with Crippen LogP contribution in [0.15, 0.2) is 142 Å². The second-order valence-corrected chi connectivity index (χ2v) is 19.9. The van der Waals surface area contributed by atoms with Crippen molar-refractivity contribution in [3.63, 3.8) is 0 Å². The Morgan fingerprint density at radius 1 is 0.519 bits per heavy atom. The molecule has 6 aromatic carbocycles. The average molecular weight is 1140 g/mol. The topological polar surface area (TPSA) is 173 Å². The molecule has 0 amide bonds. The lowest BCUT2D eigenvalue weighted by Gasteiger charge is -2.23. The highest BCUT2D eigenvalue weighted by Gasteiger charge is 2.28. The van der Waals surface area contributed by atoms with Gasteiger partial charge in [0.15, 0.2) is 0 Å². The Kier molecular flexibility index (Phi) is 24.7. The maximum atomic E-state index is 12.8. The van der Waals surface area contributed by atoms with E-state index in [1.54, 1.807) is 48.5 Å². The zero-order valence-electron chi connectivity index (χ0n) is 47.6. The van der Waals surface area contributed by atoms with Gasteiger partial charge in [-0.1, -0.05) is 137 Å². The Hall–Kier alpha value is -7.58. The molecular weight excluding hydrogens is 1070 g/mol. The first-order valence-corrected chi connectivity index (χ1v) is 28.3. The quantitative estimate of drug-likeness (QED) is 0.0491. The number of benzene rings is 6. The first-order chi connectivity index (χ1) is 39.3. The lowest BCUT2D eigenvalue weighted by Crippen LogP contribution is -2.21. The Bertz CT molecular complexity index is 3160. The first kappa shape index (κ1) is 62.6. The second-order valence-electron chi connectivity index (χ2n) is 19.1. The van der Waals surface area contributed by atoms with Gasteiger partial charge >= 0.3 is 11.9 Å². The Balaban J connectivity index is 0.000000253. The molecule has 15 heteroatoms. The lowest BCUT2D eigenvalue weighted by molar-refractivity contribution is -0.149. The fourth-order valence-corrected chi connectivity index (χ4v) is 9.38. The summed E-state index contributed by atoms with van der Waals surface area (Å²) in [6, 6.07) is 41.4. The molecule has 2 N–H and O–H groups in total. The number of carboxylic acids is 1. The van der Waals surface area contributed by atoms with Gasteiger partial charge in [-0.25, -0.2) is 19.6 Å². The minimum atomic E-state index is -1.14. The minimum Gasteiger partial charge on any atom is -0.493 e. The molecule has 0 spiro atoms. The van der Waals surface area contributed by atoms with E-state index < -0.39 is 24.1 Å². The second kappa shape index (κ2) is 32.0. The van der Waals surface area contributed by atoms with Crippen LogP contribution in [0.1, 0.15) is 122 Å². The molecule has 0 radical (unpaired) electrons. The van der Waals surface area contributed by atoms with Gasteiger partial charge in [0.2, 0.25) is 24.0 Å². The average Bonchev–Trinajstić information content (AvgIpc) is 4.12. The molecule has 8 aromatic rings. The molecule has 428 valence electrons. The van der Waals surface area contributed by atoms with Crippen molar-refractivity contribution in [2.75, 3.05) is 27.4 Å². The third-order valence-corrected chi connectivity index (χ3v) is 13.5. The van der Waals surface area contributed by atoms with Crippen LogP contribution in [-0.2, 0) is 52.9 Å². The van der Waals surface area contributed by atoms with Crippen LogP contribution >= 0.6 is 23.2 Å². The van der Waals surface area contributed by atoms with E-state index in [0.717, 1.165) is 126 Å². The molecule has 0 saturated carbocycles. The van der Waals surface area contributed by atoms with Gasteiger partial charge in [-0.2, -0.15) is 0 Å². The van der Waals surface area contributed by atoms with Crippen LogP contribution in [-0.4, -0.2) is 59.6 Å². The van der Waals surface area contributed by atoms with Gasteiger partial charge in [-0.3, -0.25) is 0 Å². The predicted molar refractivity (Wildman–Crippen MR) is 318 cm³/mol. The van der Waals surface area contributed by atoms with E-state index in [1.807, 2.05) is 98.8 Å². The molecule has 0 aliphatic heterocycles. The van der Waals surface area contributed by atoms with Crippen LogP contribution in [0.2, 0.25) is 10.0 Å². The molecule has 0 aliphatic rings. The molecular formula is C66H74Cl2N2O11. The highest BCUT2D eigenvalue weighted by Crippen LogP contribution is 2.38. The number of aliphatic hydroxyl groups is 1. The van der Waals surface area contributed by atoms with Crippen molar-refractivity contribution in [2.24, 2.45) is 0 Å². The maximum Gasteiger partial charge on any atom is 0.351 e. The van der Waals surface area contributed by atoms with E-state index in [2.05, 4.69) is 32.7 Å². The monoisotopic (exact) mass is 1140 g/mol. The molecule has 8 rings (SSSR count). The zero-order valence-corrected chi connectivity index (χ0v) is 49.1. The lowest BCUT2D eigenvalue weighted by atomic mass is 10.0. The van der Waals surface area contributed by atoms with Gasteiger partial charge in [0.25, 0.3) is 0 Å². The number of carbonyl (C=O) groups excluding carboxylic acids is 1. The molecule has 0 aliphatic carbocycles. The number of oxazole rings is 2. The van der Waals surface area contributed by atoms with Crippen LogP contribution in [0.4, 0.5) is 0 Å². The van der Waals surface area contributed by atoms with Gasteiger partial charge in [0, 0.05) is 52.3 Å². The SMILES string of the molecule is CCCc1cc(OCCc2nc(-c3ccccc3)oc2C)cc(CCC)c1OC(C(=O)O)c1ccc(Cl)cc1.CCCc1cc(OCCc2nc(-c3ccccc3)oc2C)cc(CCC)c1OC(C(=O)OC)c1ccc(Cl)cc1.CO. The number of aliphatic hydroxyl groups excluding tert-OH is 1. The summed E-state index contributed by atoms with van der Waals surface area (Å²) in [5, 5.41) is 18.1. The molecule has 0 saturated heterocycles. The third kappa shape index (κ3) is 17.7. The Labute approximate surface area is 486 Å². The van der Waals surface area contributed by atoms with Crippen molar-refractivity contribution >= 4 is 35.1 Å². The molecule has 13 nitrogen and oxygen atoms in total. The number of carboxylic acid groups (broad SMARTS) is 1. The van der Waals surface area contributed by atoms with Crippen LogP contribution < -0.4 is 18.9 Å². The van der Waals surface area contributed by atoms with Crippen molar-refractivity contribution in [3.05, 3.63) is 200 Å². The fraction of sp³-hybridized carbons (Fsp3) is 0.333. The van der Waals surface area contributed by atoms with Gasteiger partial charge in [-0.05, 0) is 135 Å². The number of aromatic nitrogens is 2. The highest BCUT2D eigenvalue weighted by molar-refractivity contribution is 6.30. The number of nitrogens with zero attached hydrogens (tertiary/aromatic N) is 2. The van der Waals surface area contributed by atoms with Crippen LogP contribution in [0, 0.1) is 13.8 Å². The largest absolute Gasteiger partial charge is 0.493 e. The normalized spacial score (nSPS) is 11.5. The number of methoxy groups -OCH3 is 1. The van der Waals surface area contributed by atoms with Crippen molar-refractivity contribution in [3.8, 4) is 45.9 Å². The van der Waals surface area contributed by atoms with E-state index in [4.69, 9.17) is 65.8 Å². The number of halogens is 2. The fourth-order valence-electron chi connectivity index (χ4n) is 9.13. The minimum absolute atomic E-state index is 0.432. The number of hydrogen-bond acceptors (Lipinski definition) is 12. The van der Waals surface area contributed by atoms with Crippen LogP contribution in [0.25, 0.3) is 22.9 Å². The molecule has 2 unspecified atom stereocenters. The number of aliphatic carboxylic acids is 1. The number of carbonyl (C=O) groups is 2. The Morgan fingerprint density at radius 3 is 1.20 bits per heavy atom. The van der Waals surface area contributed by atoms with Crippen molar-refractivity contribution < 1.29 is 52.3 Å². The van der Waals surface area contributed by atoms with E-state index in [1.165, 1.54) is 7.11 Å². The molecule has 2 heterocycles. The summed E-state index contributed by atoms with van der Waals surface area (Å²) in [5.74, 6) is 4.10. The van der Waals surface area contributed by atoms with Gasteiger partial charge in [-0.15, -0.1) is 0 Å². The summed E-state index contributed by atoms with van der Waals surface area (Å²) in [5.41, 5.74) is 8.71. The van der Waals surface area contributed by atoms with Crippen molar-refractivity contribution in [1.29, 1.82) is 0 Å². The van der Waals surface area contributed by atoms with Crippen LogP contribution in [0.5, 0.6) is 23.0 Å².